The number of nitrogens with one attached hydrogen (secondary N) is 1. The van der Waals surface area contributed by atoms with Crippen LogP contribution in [0.3, 0.4) is 0 Å². The summed E-state index contributed by atoms with van der Waals surface area (Å²) in [4.78, 5) is 11.5. The molecule has 1 unspecified atom stereocenters. The molecule has 6 heteroatoms. The number of nitrogens with two attached hydrogens (primary N) is 1. The van der Waals surface area contributed by atoms with Crippen LogP contribution >= 0.6 is 11.6 Å². The molecule has 4 N–H and O–H groups in total. The highest BCUT2D eigenvalue weighted by molar-refractivity contribution is 6.31. The predicted octanol–water partition coefficient (Wildman–Crippen LogP) is 0.915. The second kappa shape index (κ2) is 5.86. The lowest BCUT2D eigenvalue weighted by Crippen LogP contribution is -2.38. The van der Waals surface area contributed by atoms with Gasteiger partial charge < -0.3 is 20.9 Å². The molecular weight excluding hydrogens is 244 g/mol. The normalized spacial score (nSPS) is 12.1. The Balaban J connectivity index is 3.01. The highest BCUT2D eigenvalue weighted by Gasteiger charge is 2.16. The summed E-state index contributed by atoms with van der Waals surface area (Å²) in [7, 11) is 1.50. The number of aliphatic hydroxyl groups is 1. The van der Waals surface area contributed by atoms with Crippen LogP contribution in [0, 0.1) is 6.92 Å². The highest BCUT2D eigenvalue weighted by Crippen LogP contribution is 2.31. The monoisotopic (exact) mass is 258 g/mol. The van der Waals surface area contributed by atoms with Crippen molar-refractivity contribution in [2.24, 2.45) is 5.73 Å². The average molecular weight is 259 g/mol. The summed E-state index contributed by atoms with van der Waals surface area (Å²) < 4.78 is 5.17. The van der Waals surface area contributed by atoms with Crippen LogP contribution in [0.1, 0.15) is 5.56 Å². The number of benzene rings is 1. The topological polar surface area (TPSA) is 84.6 Å². The molecule has 0 saturated carbocycles. The molecule has 1 aromatic carbocycles. The Morgan fingerprint density at radius 1 is 1.65 bits per heavy atom. The van der Waals surface area contributed by atoms with E-state index in [9.17, 15) is 4.79 Å². The van der Waals surface area contributed by atoms with E-state index >= 15 is 0 Å². The summed E-state index contributed by atoms with van der Waals surface area (Å²) in [5, 5.41) is 11.8. The third-order valence-electron chi connectivity index (χ3n) is 2.23. The summed E-state index contributed by atoms with van der Waals surface area (Å²) in [5.74, 6) is 0.0281. The number of anilines is 1. The first-order valence-corrected chi connectivity index (χ1v) is 5.38. The fraction of sp³-hybridized carbons (Fsp3) is 0.364. The van der Waals surface area contributed by atoms with Crippen molar-refractivity contribution in [3.05, 3.63) is 22.7 Å². The Hall–Kier alpha value is -1.30. The van der Waals surface area contributed by atoms with Crippen LogP contribution < -0.4 is 15.8 Å². The second-order valence-electron chi connectivity index (χ2n) is 3.58. The van der Waals surface area contributed by atoms with Crippen LogP contribution in [0.15, 0.2) is 12.1 Å². The van der Waals surface area contributed by atoms with Gasteiger partial charge in [0.15, 0.2) is 0 Å². The van der Waals surface area contributed by atoms with Crippen LogP contribution in [-0.4, -0.2) is 30.8 Å². The molecule has 1 rings (SSSR count). The standard InChI is InChI=1S/C11H15ClN2O3/c1-6-3-7(12)4-9(10(6)17-2)14-11(16)8(13)5-15/h3-4,8,15H,5,13H2,1-2H3,(H,14,16). The van der Waals surface area contributed by atoms with E-state index in [1.165, 1.54) is 7.11 Å². The van der Waals surface area contributed by atoms with Crippen LogP contribution in [-0.2, 0) is 4.79 Å². The number of hydrogen-bond donors (Lipinski definition) is 3. The van der Waals surface area contributed by atoms with Crippen LogP contribution in [0.25, 0.3) is 0 Å². The quantitative estimate of drug-likeness (QED) is 0.750. The van der Waals surface area contributed by atoms with Crippen molar-refractivity contribution in [1.29, 1.82) is 0 Å². The number of aliphatic hydroxyl groups excluding tert-OH is 1. The van der Waals surface area contributed by atoms with Gasteiger partial charge in [0.05, 0.1) is 19.4 Å². The van der Waals surface area contributed by atoms with Gasteiger partial charge in [-0.25, -0.2) is 0 Å². The summed E-state index contributed by atoms with van der Waals surface area (Å²) in [6.45, 7) is 1.39. The van der Waals surface area contributed by atoms with E-state index in [-0.39, 0.29) is 0 Å². The molecule has 17 heavy (non-hydrogen) atoms. The van der Waals surface area contributed by atoms with Gasteiger partial charge >= 0.3 is 0 Å². The van der Waals surface area contributed by atoms with Crippen LogP contribution in [0.2, 0.25) is 5.02 Å². The lowest BCUT2D eigenvalue weighted by molar-refractivity contribution is -0.118. The van der Waals surface area contributed by atoms with Crippen molar-refractivity contribution < 1.29 is 14.6 Å². The number of amides is 1. The fourth-order valence-electron chi connectivity index (χ4n) is 1.40. The van der Waals surface area contributed by atoms with Gasteiger partial charge in [0.1, 0.15) is 11.8 Å². The predicted molar refractivity (Wildman–Crippen MR) is 66.4 cm³/mol. The number of rotatable bonds is 4. The van der Waals surface area contributed by atoms with Crippen molar-refractivity contribution in [2.75, 3.05) is 19.0 Å². The number of carbonyl (C=O) groups excluding carboxylic acids is 1. The zero-order valence-electron chi connectivity index (χ0n) is 9.66. The first-order valence-electron chi connectivity index (χ1n) is 5.01. The van der Waals surface area contributed by atoms with Crippen LogP contribution in [0.5, 0.6) is 5.75 Å². The summed E-state index contributed by atoms with van der Waals surface area (Å²) >= 11 is 5.89. The maximum Gasteiger partial charge on any atom is 0.243 e. The summed E-state index contributed by atoms with van der Waals surface area (Å²) in [6.07, 6.45) is 0. The number of aryl methyl sites for hydroxylation is 1. The smallest absolute Gasteiger partial charge is 0.243 e. The minimum atomic E-state index is -0.973. The molecule has 1 amide bonds. The lowest BCUT2D eigenvalue weighted by atomic mass is 10.2. The van der Waals surface area contributed by atoms with Gasteiger partial charge in [0.25, 0.3) is 0 Å². The maximum absolute atomic E-state index is 11.5. The van der Waals surface area contributed by atoms with Crippen molar-refractivity contribution in [3.63, 3.8) is 0 Å². The largest absolute Gasteiger partial charge is 0.494 e. The summed E-state index contributed by atoms with van der Waals surface area (Å²) in [6, 6.07) is 2.32. The molecule has 1 atom stereocenters. The molecule has 0 saturated heterocycles. The third kappa shape index (κ3) is 3.33. The van der Waals surface area contributed by atoms with Crippen LogP contribution in [0.4, 0.5) is 5.69 Å². The van der Waals surface area contributed by atoms with E-state index in [2.05, 4.69) is 5.32 Å². The van der Waals surface area contributed by atoms with E-state index in [1.54, 1.807) is 12.1 Å². The van der Waals surface area contributed by atoms with Crippen molar-refractivity contribution >= 4 is 23.2 Å². The first kappa shape index (κ1) is 13.8. The van der Waals surface area contributed by atoms with Crippen molar-refractivity contribution in [1.82, 2.24) is 0 Å². The van der Waals surface area contributed by atoms with Gasteiger partial charge in [-0.3, -0.25) is 4.79 Å². The molecule has 94 valence electrons. The third-order valence-corrected chi connectivity index (χ3v) is 2.45. The van der Waals surface area contributed by atoms with Gasteiger partial charge in [0.2, 0.25) is 5.91 Å². The first-order chi connectivity index (χ1) is 7.99. The van der Waals surface area contributed by atoms with E-state index in [1.807, 2.05) is 6.92 Å². The molecule has 0 radical (unpaired) electrons. The molecule has 0 aromatic heterocycles. The summed E-state index contributed by atoms with van der Waals surface area (Å²) in [5.41, 5.74) is 6.63. The Bertz CT molecular complexity index is 423. The van der Waals surface area contributed by atoms with Gasteiger partial charge in [0, 0.05) is 5.02 Å². The molecule has 0 heterocycles. The van der Waals surface area contributed by atoms with Gasteiger partial charge in [-0.1, -0.05) is 11.6 Å². The van der Waals surface area contributed by atoms with Gasteiger partial charge in [-0.2, -0.15) is 0 Å². The number of ether oxygens (including phenoxy) is 1. The van der Waals surface area contributed by atoms with E-state index in [4.69, 9.17) is 27.2 Å². The number of hydrogen-bond acceptors (Lipinski definition) is 4. The molecule has 1 aromatic rings. The number of methoxy groups -OCH3 is 1. The zero-order chi connectivity index (χ0) is 13.0. The molecule has 5 nitrogen and oxygen atoms in total. The molecule has 0 spiro atoms. The van der Waals surface area contributed by atoms with Gasteiger partial charge in [-0.15, -0.1) is 0 Å². The minimum Gasteiger partial charge on any atom is -0.494 e. The molecule has 0 bridgehead atoms. The minimum absolute atomic E-state index is 0.423. The Kier molecular flexibility index (Phi) is 4.74. The highest BCUT2D eigenvalue weighted by atomic mass is 35.5. The van der Waals surface area contributed by atoms with Crippen molar-refractivity contribution in [2.45, 2.75) is 13.0 Å². The SMILES string of the molecule is COc1c(C)cc(Cl)cc1NC(=O)C(N)CO. The fourth-order valence-corrected chi connectivity index (χ4v) is 1.67. The molecule has 0 fully saturated rings. The van der Waals surface area contributed by atoms with E-state index in [0.29, 0.717) is 16.5 Å². The number of halogens is 1. The molecular formula is C11H15ClN2O3. The van der Waals surface area contributed by atoms with E-state index in [0.717, 1.165) is 5.56 Å². The average Bonchev–Trinajstić information content (AvgIpc) is 2.27. The Morgan fingerprint density at radius 3 is 2.82 bits per heavy atom. The van der Waals surface area contributed by atoms with E-state index < -0.39 is 18.6 Å². The number of carbonyl (C=O) groups is 1. The van der Waals surface area contributed by atoms with Gasteiger partial charge in [-0.05, 0) is 24.6 Å². The maximum atomic E-state index is 11.5. The second-order valence-corrected chi connectivity index (χ2v) is 4.02. The Labute approximate surface area is 105 Å². The van der Waals surface area contributed by atoms with Crippen molar-refractivity contribution in [3.8, 4) is 5.75 Å². The zero-order valence-corrected chi connectivity index (χ0v) is 10.4. The lowest BCUT2D eigenvalue weighted by Gasteiger charge is -2.15. The molecule has 0 aliphatic heterocycles. The molecule has 0 aliphatic carbocycles. The Morgan fingerprint density at radius 2 is 2.29 bits per heavy atom. The molecule has 0 aliphatic rings.